The average Bonchev–Trinajstić information content (AvgIpc) is 3.43. The number of ether oxygens (including phenoxy) is 2. The van der Waals surface area contributed by atoms with Gasteiger partial charge in [-0.1, -0.05) is 0 Å². The summed E-state index contributed by atoms with van der Waals surface area (Å²) >= 11 is 1.26. The molecule has 0 bridgehead atoms. The molecule has 0 fully saturated rings. The Morgan fingerprint density at radius 1 is 1.16 bits per heavy atom. The van der Waals surface area contributed by atoms with Gasteiger partial charge in [-0.15, -0.1) is 11.3 Å². The lowest BCUT2D eigenvalue weighted by molar-refractivity contribution is -0.116. The van der Waals surface area contributed by atoms with Gasteiger partial charge in [0.25, 0.3) is 5.56 Å². The molecule has 0 aliphatic carbocycles. The highest BCUT2D eigenvalue weighted by Gasteiger charge is 2.17. The molecule has 0 saturated carbocycles. The van der Waals surface area contributed by atoms with Crippen LogP contribution >= 0.6 is 11.3 Å². The number of carbonyl (C=O) groups is 1. The normalized spacial score (nSPS) is 11.0. The van der Waals surface area contributed by atoms with E-state index >= 15 is 0 Å². The Bertz CT molecular complexity index is 1450. The van der Waals surface area contributed by atoms with Gasteiger partial charge in [0, 0.05) is 25.0 Å². The first kappa shape index (κ1) is 21.3. The van der Waals surface area contributed by atoms with Crippen molar-refractivity contribution in [2.24, 2.45) is 14.1 Å². The Kier molecular flexibility index (Phi) is 5.53. The number of methoxy groups -OCH3 is 2. The quantitative estimate of drug-likeness (QED) is 0.463. The molecule has 1 amide bonds. The highest BCUT2D eigenvalue weighted by atomic mass is 32.1. The highest BCUT2D eigenvalue weighted by Crippen LogP contribution is 2.35. The van der Waals surface area contributed by atoms with Gasteiger partial charge < -0.3 is 19.4 Å². The summed E-state index contributed by atoms with van der Waals surface area (Å²) in [5.41, 5.74) is 0.736. The van der Waals surface area contributed by atoms with Gasteiger partial charge in [0.2, 0.25) is 5.91 Å². The minimum Gasteiger partial charge on any atom is -0.497 e. The molecule has 0 atom stereocenters. The Hall–Kier alpha value is -3.93. The predicted molar refractivity (Wildman–Crippen MR) is 119 cm³/mol. The van der Waals surface area contributed by atoms with E-state index in [0.29, 0.717) is 22.3 Å². The summed E-state index contributed by atoms with van der Waals surface area (Å²) in [5.74, 6) is 0.890. The fourth-order valence-corrected chi connectivity index (χ4v) is 4.03. The van der Waals surface area contributed by atoms with Crippen LogP contribution in [0.4, 0.5) is 5.13 Å². The second-order valence-electron chi connectivity index (χ2n) is 6.90. The number of aryl methyl sites for hydroxylation is 1. The number of thiazole rings is 1. The van der Waals surface area contributed by atoms with Gasteiger partial charge in [-0.3, -0.25) is 18.7 Å². The number of rotatable bonds is 6. The molecule has 32 heavy (non-hydrogen) atoms. The number of hydrogen-bond acceptors (Lipinski definition) is 8. The topological polar surface area (TPSA) is 122 Å². The average molecular weight is 456 g/mol. The van der Waals surface area contributed by atoms with E-state index in [2.05, 4.69) is 15.3 Å². The van der Waals surface area contributed by atoms with Crippen LogP contribution in [0.3, 0.4) is 0 Å². The van der Waals surface area contributed by atoms with Crippen molar-refractivity contribution in [3.05, 3.63) is 50.7 Å². The largest absolute Gasteiger partial charge is 0.497 e. The third kappa shape index (κ3) is 3.64. The zero-order chi connectivity index (χ0) is 23.0. The molecule has 0 radical (unpaired) electrons. The van der Waals surface area contributed by atoms with Crippen molar-refractivity contribution in [1.82, 2.24) is 23.7 Å². The van der Waals surface area contributed by atoms with Crippen LogP contribution in [-0.2, 0) is 25.4 Å². The van der Waals surface area contributed by atoms with E-state index in [1.165, 1.54) is 40.9 Å². The molecule has 1 aromatic carbocycles. The minimum atomic E-state index is -0.518. The Balaban J connectivity index is 1.58. The maximum absolute atomic E-state index is 12.6. The van der Waals surface area contributed by atoms with Crippen molar-refractivity contribution in [2.75, 3.05) is 19.5 Å². The molecule has 4 rings (SSSR count). The number of nitrogens with zero attached hydrogens (tertiary/aromatic N) is 5. The van der Waals surface area contributed by atoms with Crippen LogP contribution < -0.4 is 26.0 Å². The smallest absolute Gasteiger partial charge is 0.332 e. The molecule has 3 heterocycles. The summed E-state index contributed by atoms with van der Waals surface area (Å²) < 4.78 is 14.3. The van der Waals surface area contributed by atoms with Crippen LogP contribution in [0.25, 0.3) is 22.4 Å². The molecule has 0 aliphatic heterocycles. The number of anilines is 1. The Morgan fingerprint density at radius 3 is 2.66 bits per heavy atom. The molecule has 0 unspecified atom stereocenters. The minimum absolute atomic E-state index is 0.165. The van der Waals surface area contributed by atoms with Crippen LogP contribution in [0, 0.1) is 0 Å². The van der Waals surface area contributed by atoms with Crippen molar-refractivity contribution in [3.8, 4) is 22.8 Å². The third-order valence-corrected chi connectivity index (χ3v) is 5.72. The zero-order valence-corrected chi connectivity index (χ0v) is 18.6. The maximum atomic E-state index is 12.6. The first-order valence-corrected chi connectivity index (χ1v) is 10.3. The summed E-state index contributed by atoms with van der Waals surface area (Å²) in [6.45, 7) is -0.165. The summed E-state index contributed by atoms with van der Waals surface area (Å²) in [5, 5.41) is 4.92. The van der Waals surface area contributed by atoms with Gasteiger partial charge in [-0.25, -0.2) is 14.8 Å². The lowest BCUT2D eigenvalue weighted by Crippen LogP contribution is -2.37. The monoisotopic (exact) mass is 456 g/mol. The van der Waals surface area contributed by atoms with E-state index in [1.54, 1.807) is 37.8 Å². The molecular weight excluding hydrogens is 436 g/mol. The first-order chi connectivity index (χ1) is 15.3. The van der Waals surface area contributed by atoms with Crippen molar-refractivity contribution in [1.29, 1.82) is 0 Å². The molecule has 12 heteroatoms. The maximum Gasteiger partial charge on any atom is 0.332 e. The zero-order valence-electron chi connectivity index (χ0n) is 17.8. The number of carbonyl (C=O) groups excluding carboxylic acids is 1. The molecule has 11 nitrogen and oxygen atoms in total. The molecule has 4 aromatic rings. The van der Waals surface area contributed by atoms with Crippen LogP contribution in [0.15, 0.2) is 39.5 Å². The van der Waals surface area contributed by atoms with Crippen molar-refractivity contribution in [2.45, 2.75) is 6.54 Å². The van der Waals surface area contributed by atoms with Crippen LogP contribution in [0.1, 0.15) is 0 Å². The van der Waals surface area contributed by atoms with E-state index < -0.39 is 17.2 Å². The fraction of sp³-hybridized carbons (Fsp3) is 0.250. The molecule has 3 aromatic heterocycles. The van der Waals surface area contributed by atoms with Crippen LogP contribution in [0.2, 0.25) is 0 Å². The van der Waals surface area contributed by atoms with Crippen molar-refractivity contribution >= 4 is 33.5 Å². The lowest BCUT2D eigenvalue weighted by atomic mass is 10.1. The Morgan fingerprint density at radius 2 is 1.94 bits per heavy atom. The number of imidazole rings is 1. The number of aromatic nitrogens is 5. The van der Waals surface area contributed by atoms with E-state index in [9.17, 15) is 14.4 Å². The van der Waals surface area contributed by atoms with E-state index in [4.69, 9.17) is 9.47 Å². The second-order valence-corrected chi connectivity index (χ2v) is 7.76. The number of amides is 1. The second kappa shape index (κ2) is 8.30. The summed E-state index contributed by atoms with van der Waals surface area (Å²) in [4.78, 5) is 45.8. The number of hydrogen-bond donors (Lipinski definition) is 1. The SMILES string of the molecule is COc1ccc(OC)c(-c2csc(NC(=O)Cn3cnc4c3c(=O)n(C)c(=O)n4C)n2)c1. The van der Waals surface area contributed by atoms with E-state index in [-0.39, 0.29) is 17.7 Å². The third-order valence-electron chi connectivity index (χ3n) is 4.96. The molecule has 0 aliphatic rings. The Labute approximate surface area is 185 Å². The molecule has 0 saturated heterocycles. The van der Waals surface area contributed by atoms with Gasteiger partial charge in [0.1, 0.15) is 18.0 Å². The number of nitrogens with one attached hydrogen (secondary N) is 1. The van der Waals surface area contributed by atoms with E-state index in [0.717, 1.165) is 10.1 Å². The number of fused-ring (bicyclic) bond motifs is 1. The first-order valence-electron chi connectivity index (χ1n) is 9.42. The summed E-state index contributed by atoms with van der Waals surface area (Å²) in [6, 6.07) is 5.37. The van der Waals surface area contributed by atoms with Crippen molar-refractivity contribution < 1.29 is 14.3 Å². The van der Waals surface area contributed by atoms with E-state index in [1.807, 2.05) is 0 Å². The van der Waals surface area contributed by atoms with Gasteiger partial charge in [-0.2, -0.15) is 0 Å². The lowest BCUT2D eigenvalue weighted by Gasteiger charge is -2.08. The van der Waals surface area contributed by atoms with Gasteiger partial charge >= 0.3 is 5.69 Å². The molecule has 1 N–H and O–H groups in total. The van der Waals surface area contributed by atoms with Gasteiger partial charge in [-0.05, 0) is 18.2 Å². The molecule has 0 spiro atoms. The predicted octanol–water partition coefficient (Wildman–Crippen LogP) is 1.21. The standard InChI is InChI=1S/C20H20N6O5S/c1-24-17-16(18(28)25(2)20(24)29)26(10-21-17)8-15(27)23-19-22-13(9-32-19)12-7-11(30-3)5-6-14(12)31-4/h5-7,9-10H,8H2,1-4H3,(H,22,23,27). The number of benzene rings is 1. The van der Waals surface area contributed by atoms with Crippen LogP contribution in [-0.4, -0.2) is 43.8 Å². The highest BCUT2D eigenvalue weighted by molar-refractivity contribution is 7.14. The van der Waals surface area contributed by atoms with Crippen molar-refractivity contribution in [3.63, 3.8) is 0 Å². The van der Waals surface area contributed by atoms with Gasteiger partial charge in [0.05, 0.1) is 26.2 Å². The molecular formula is C20H20N6O5S. The fourth-order valence-electron chi connectivity index (χ4n) is 3.30. The van der Waals surface area contributed by atoms with Gasteiger partial charge in [0.15, 0.2) is 16.3 Å². The summed E-state index contributed by atoms with van der Waals surface area (Å²) in [7, 11) is 6.04. The molecule has 166 valence electrons. The van der Waals surface area contributed by atoms with Crippen LogP contribution in [0.5, 0.6) is 11.5 Å². The summed E-state index contributed by atoms with van der Waals surface area (Å²) in [6.07, 6.45) is 1.36.